The average Bonchev–Trinajstić information content (AvgIpc) is 2.78. The molecule has 1 saturated heterocycles. The van der Waals surface area contributed by atoms with E-state index in [0.29, 0.717) is 0 Å². The van der Waals surface area contributed by atoms with Crippen molar-refractivity contribution in [3.05, 3.63) is 29.0 Å². The zero-order valence-electron chi connectivity index (χ0n) is 11.5. The van der Waals surface area contributed by atoms with Gasteiger partial charge in [-0.3, -0.25) is 0 Å². The highest BCUT2D eigenvalue weighted by Gasteiger charge is 2.33. The molecule has 1 atom stereocenters. The van der Waals surface area contributed by atoms with Crippen molar-refractivity contribution < 1.29 is 0 Å². The van der Waals surface area contributed by atoms with Crippen molar-refractivity contribution >= 4 is 22.6 Å². The van der Waals surface area contributed by atoms with Gasteiger partial charge in [-0.25, -0.2) is 4.98 Å². The summed E-state index contributed by atoms with van der Waals surface area (Å²) in [5.41, 5.74) is 2.16. The Morgan fingerprint density at radius 1 is 1.42 bits per heavy atom. The van der Waals surface area contributed by atoms with E-state index in [-0.39, 0.29) is 5.54 Å². The Bertz CT molecular complexity index is 597. The van der Waals surface area contributed by atoms with Gasteiger partial charge in [-0.15, -0.1) is 0 Å². The van der Waals surface area contributed by atoms with E-state index < -0.39 is 0 Å². The van der Waals surface area contributed by atoms with Crippen molar-refractivity contribution in [3.8, 4) is 0 Å². The topological polar surface area (TPSA) is 29.9 Å². The van der Waals surface area contributed by atoms with Gasteiger partial charge in [0.05, 0.1) is 16.6 Å². The van der Waals surface area contributed by atoms with Crippen LogP contribution in [0.15, 0.2) is 18.2 Å². The maximum Gasteiger partial charge on any atom is 0.129 e. The first-order chi connectivity index (χ1) is 9.14. The van der Waals surface area contributed by atoms with E-state index in [2.05, 4.69) is 29.8 Å². The second-order valence-corrected chi connectivity index (χ2v) is 5.97. The number of aromatic nitrogens is 2. The molecule has 3 nitrogen and oxygen atoms in total. The molecule has 3 rings (SSSR count). The predicted molar refractivity (Wildman–Crippen MR) is 79.6 cm³/mol. The number of aryl methyl sites for hydroxylation is 1. The summed E-state index contributed by atoms with van der Waals surface area (Å²) in [6, 6.07) is 5.97. The van der Waals surface area contributed by atoms with Crippen molar-refractivity contribution in [1.29, 1.82) is 0 Å². The van der Waals surface area contributed by atoms with E-state index >= 15 is 0 Å². The lowest BCUT2D eigenvalue weighted by molar-refractivity contribution is 0.262. The van der Waals surface area contributed by atoms with Gasteiger partial charge < -0.3 is 9.88 Å². The second kappa shape index (κ2) is 4.80. The van der Waals surface area contributed by atoms with Crippen LogP contribution in [0.4, 0.5) is 0 Å². The minimum absolute atomic E-state index is 0.0141. The number of nitrogens with zero attached hydrogens (tertiary/aromatic N) is 2. The molecule has 0 radical (unpaired) electrons. The molecule has 1 fully saturated rings. The molecule has 1 aromatic heterocycles. The highest BCUT2D eigenvalue weighted by Crippen LogP contribution is 2.32. The van der Waals surface area contributed by atoms with Crippen LogP contribution in [-0.4, -0.2) is 16.1 Å². The smallest absolute Gasteiger partial charge is 0.129 e. The van der Waals surface area contributed by atoms with E-state index in [4.69, 9.17) is 16.6 Å². The van der Waals surface area contributed by atoms with E-state index in [0.717, 1.165) is 35.9 Å². The number of halogens is 1. The Balaban J connectivity index is 2.17. The van der Waals surface area contributed by atoms with Crippen molar-refractivity contribution in [1.82, 2.24) is 14.9 Å². The lowest BCUT2D eigenvalue weighted by Gasteiger charge is -2.34. The summed E-state index contributed by atoms with van der Waals surface area (Å²) in [5, 5.41) is 4.40. The quantitative estimate of drug-likeness (QED) is 0.907. The standard InChI is InChI=1S/C15H20ClN3/c1-3-19-13-7-6-11(16)10-12(13)18-14(19)15(2)8-4-5-9-17-15/h6-7,10,17H,3-5,8-9H2,1-2H3. The van der Waals surface area contributed by atoms with Crippen LogP contribution in [0.3, 0.4) is 0 Å². The number of nitrogens with one attached hydrogen (secondary N) is 1. The predicted octanol–water partition coefficient (Wildman–Crippen LogP) is 3.70. The second-order valence-electron chi connectivity index (χ2n) is 5.53. The van der Waals surface area contributed by atoms with Gasteiger partial charge in [0.1, 0.15) is 5.82 Å². The van der Waals surface area contributed by atoms with Gasteiger partial charge in [0.25, 0.3) is 0 Å². The molecule has 0 saturated carbocycles. The summed E-state index contributed by atoms with van der Waals surface area (Å²) in [4.78, 5) is 4.86. The zero-order valence-corrected chi connectivity index (χ0v) is 12.3. The van der Waals surface area contributed by atoms with Crippen molar-refractivity contribution in [2.75, 3.05) is 6.54 Å². The summed E-state index contributed by atoms with van der Waals surface area (Å²) in [6.07, 6.45) is 3.66. The first-order valence-electron chi connectivity index (χ1n) is 7.05. The third-order valence-corrected chi connectivity index (χ3v) is 4.37. The van der Waals surface area contributed by atoms with Gasteiger partial charge in [0.2, 0.25) is 0 Å². The average molecular weight is 278 g/mol. The van der Waals surface area contributed by atoms with Crippen LogP contribution in [-0.2, 0) is 12.1 Å². The van der Waals surface area contributed by atoms with Crippen LogP contribution in [0.1, 0.15) is 38.9 Å². The maximum atomic E-state index is 6.08. The molecule has 0 amide bonds. The fraction of sp³-hybridized carbons (Fsp3) is 0.533. The normalized spacial score (nSPS) is 23.9. The summed E-state index contributed by atoms with van der Waals surface area (Å²) < 4.78 is 2.31. The summed E-state index contributed by atoms with van der Waals surface area (Å²) in [5.74, 6) is 1.15. The minimum atomic E-state index is -0.0141. The van der Waals surface area contributed by atoms with Crippen molar-refractivity contribution in [2.45, 2.75) is 45.2 Å². The lowest BCUT2D eigenvalue weighted by atomic mass is 9.90. The Morgan fingerprint density at radius 2 is 2.26 bits per heavy atom. The Morgan fingerprint density at radius 3 is 2.95 bits per heavy atom. The number of rotatable bonds is 2. The van der Waals surface area contributed by atoms with Gasteiger partial charge in [-0.05, 0) is 57.9 Å². The molecule has 1 aromatic carbocycles. The molecule has 0 bridgehead atoms. The molecular weight excluding hydrogens is 258 g/mol. The molecule has 0 spiro atoms. The molecule has 1 aliphatic heterocycles. The van der Waals surface area contributed by atoms with Crippen LogP contribution in [0.25, 0.3) is 11.0 Å². The van der Waals surface area contributed by atoms with Crippen LogP contribution in [0.2, 0.25) is 5.02 Å². The van der Waals surface area contributed by atoms with E-state index in [9.17, 15) is 0 Å². The fourth-order valence-electron chi connectivity index (χ4n) is 3.09. The fourth-order valence-corrected chi connectivity index (χ4v) is 3.26. The van der Waals surface area contributed by atoms with Crippen LogP contribution in [0, 0.1) is 0 Å². The number of benzene rings is 1. The molecule has 1 N–H and O–H groups in total. The molecule has 102 valence electrons. The number of hydrogen-bond donors (Lipinski definition) is 1. The molecule has 4 heteroatoms. The maximum absolute atomic E-state index is 6.08. The summed E-state index contributed by atoms with van der Waals surface area (Å²) in [6.45, 7) is 6.45. The highest BCUT2D eigenvalue weighted by atomic mass is 35.5. The lowest BCUT2D eigenvalue weighted by Crippen LogP contribution is -2.45. The molecule has 1 aliphatic rings. The first-order valence-corrected chi connectivity index (χ1v) is 7.43. The molecule has 0 aliphatic carbocycles. The molecular formula is C15H20ClN3. The Labute approximate surface area is 119 Å². The molecule has 1 unspecified atom stereocenters. The van der Waals surface area contributed by atoms with Crippen molar-refractivity contribution in [3.63, 3.8) is 0 Å². The largest absolute Gasteiger partial charge is 0.327 e. The first kappa shape index (κ1) is 12.9. The van der Waals surface area contributed by atoms with Crippen LogP contribution < -0.4 is 5.32 Å². The zero-order chi connectivity index (χ0) is 13.5. The number of imidazole rings is 1. The minimum Gasteiger partial charge on any atom is -0.327 e. The molecule has 2 aromatic rings. The van der Waals surface area contributed by atoms with Gasteiger partial charge in [0.15, 0.2) is 0 Å². The van der Waals surface area contributed by atoms with E-state index in [1.807, 2.05) is 12.1 Å². The third-order valence-electron chi connectivity index (χ3n) is 4.14. The van der Waals surface area contributed by atoms with Crippen LogP contribution >= 0.6 is 11.6 Å². The third kappa shape index (κ3) is 2.15. The summed E-state index contributed by atoms with van der Waals surface area (Å²) in [7, 11) is 0. The van der Waals surface area contributed by atoms with Gasteiger partial charge in [0, 0.05) is 11.6 Å². The van der Waals surface area contributed by atoms with E-state index in [1.54, 1.807) is 0 Å². The summed E-state index contributed by atoms with van der Waals surface area (Å²) >= 11 is 6.08. The van der Waals surface area contributed by atoms with Crippen LogP contribution in [0.5, 0.6) is 0 Å². The van der Waals surface area contributed by atoms with E-state index in [1.165, 1.54) is 18.4 Å². The van der Waals surface area contributed by atoms with Gasteiger partial charge >= 0.3 is 0 Å². The molecule has 2 heterocycles. The SMILES string of the molecule is CCn1c(C2(C)CCCCN2)nc2cc(Cl)ccc21. The number of fused-ring (bicyclic) bond motifs is 1. The number of hydrogen-bond acceptors (Lipinski definition) is 2. The van der Waals surface area contributed by atoms with Crippen molar-refractivity contribution in [2.24, 2.45) is 0 Å². The Hall–Kier alpha value is -1.06. The number of piperidine rings is 1. The highest BCUT2D eigenvalue weighted by molar-refractivity contribution is 6.31. The van der Waals surface area contributed by atoms with Gasteiger partial charge in [-0.1, -0.05) is 11.6 Å². The van der Waals surface area contributed by atoms with Gasteiger partial charge in [-0.2, -0.15) is 0 Å². The Kier molecular flexibility index (Phi) is 3.27. The monoisotopic (exact) mass is 277 g/mol. The molecule has 19 heavy (non-hydrogen) atoms.